The molecule has 0 saturated carbocycles. The predicted octanol–water partition coefficient (Wildman–Crippen LogP) is 2.66. The lowest BCUT2D eigenvalue weighted by atomic mass is 10.1. The number of rotatable bonds is 5. The zero-order valence-electron chi connectivity index (χ0n) is 11.3. The summed E-state index contributed by atoms with van der Waals surface area (Å²) in [6, 6.07) is 1.10. The molecule has 0 aromatic carbocycles. The fourth-order valence-corrected chi connectivity index (χ4v) is 2.60. The molecule has 21 heavy (non-hydrogen) atoms. The van der Waals surface area contributed by atoms with Gasteiger partial charge < -0.3 is 10.1 Å². The molecule has 0 radical (unpaired) electrons. The summed E-state index contributed by atoms with van der Waals surface area (Å²) >= 11 is 0.596. The maximum Gasteiger partial charge on any atom is 0.443 e. The molecule has 0 amide bonds. The summed E-state index contributed by atoms with van der Waals surface area (Å²) in [6.07, 6.45) is -1.91. The van der Waals surface area contributed by atoms with Crippen LogP contribution >= 0.6 is 11.3 Å². The van der Waals surface area contributed by atoms with Gasteiger partial charge in [-0.1, -0.05) is 6.92 Å². The molecule has 1 unspecified atom stereocenters. The molecule has 0 saturated heterocycles. The highest BCUT2D eigenvalue weighted by molar-refractivity contribution is 7.11. The minimum absolute atomic E-state index is 0.350. The van der Waals surface area contributed by atoms with Gasteiger partial charge in [0, 0.05) is 17.1 Å². The first-order valence-electron chi connectivity index (χ1n) is 6.08. The average molecular weight is 318 g/mol. The van der Waals surface area contributed by atoms with E-state index in [-0.39, 0.29) is 0 Å². The summed E-state index contributed by atoms with van der Waals surface area (Å²) in [5.41, 5.74) is 0.529. The van der Waals surface area contributed by atoms with Gasteiger partial charge in [0.2, 0.25) is 5.88 Å². The van der Waals surface area contributed by atoms with Crippen LogP contribution in [-0.4, -0.2) is 28.6 Å². The van der Waals surface area contributed by atoms with Gasteiger partial charge in [-0.25, -0.2) is 15.0 Å². The summed E-state index contributed by atoms with van der Waals surface area (Å²) in [7, 11) is 1.46. The van der Waals surface area contributed by atoms with E-state index in [0.29, 0.717) is 34.3 Å². The van der Waals surface area contributed by atoms with E-state index in [0.717, 1.165) is 0 Å². The van der Waals surface area contributed by atoms with Gasteiger partial charge >= 0.3 is 6.18 Å². The number of aromatic nitrogens is 3. The van der Waals surface area contributed by atoms with Crippen molar-refractivity contribution in [3.63, 3.8) is 0 Å². The SMILES string of the molecule is CCNC(c1cc(OC)ncn1)c1cnc(C(F)(F)F)s1. The van der Waals surface area contributed by atoms with Gasteiger partial charge in [-0.2, -0.15) is 13.2 Å². The number of nitrogens with zero attached hydrogens (tertiary/aromatic N) is 3. The Balaban J connectivity index is 2.36. The minimum atomic E-state index is -4.44. The number of methoxy groups -OCH3 is 1. The Kier molecular flexibility index (Phi) is 4.73. The third-order valence-electron chi connectivity index (χ3n) is 2.63. The summed E-state index contributed by atoms with van der Waals surface area (Å²) < 4.78 is 43.0. The number of alkyl halides is 3. The normalized spacial score (nSPS) is 13.2. The Morgan fingerprint density at radius 1 is 1.33 bits per heavy atom. The van der Waals surface area contributed by atoms with Crippen LogP contribution < -0.4 is 10.1 Å². The summed E-state index contributed by atoms with van der Waals surface area (Å²) in [5, 5.41) is 2.21. The van der Waals surface area contributed by atoms with E-state index in [1.807, 2.05) is 6.92 Å². The molecule has 0 bridgehead atoms. The fourth-order valence-electron chi connectivity index (χ4n) is 1.73. The Morgan fingerprint density at radius 3 is 2.67 bits per heavy atom. The van der Waals surface area contributed by atoms with Gasteiger partial charge in [-0.3, -0.25) is 0 Å². The van der Waals surface area contributed by atoms with E-state index < -0.39 is 17.2 Å². The van der Waals surface area contributed by atoms with Gasteiger partial charge in [0.1, 0.15) is 6.33 Å². The van der Waals surface area contributed by atoms with Crippen molar-refractivity contribution in [3.8, 4) is 5.88 Å². The van der Waals surface area contributed by atoms with Crippen molar-refractivity contribution in [2.45, 2.75) is 19.1 Å². The first kappa shape index (κ1) is 15.6. The lowest BCUT2D eigenvalue weighted by Crippen LogP contribution is -2.22. The maximum atomic E-state index is 12.7. The molecule has 2 aromatic rings. The highest BCUT2D eigenvalue weighted by Gasteiger charge is 2.35. The molecule has 2 rings (SSSR count). The topological polar surface area (TPSA) is 59.9 Å². The third kappa shape index (κ3) is 3.67. The van der Waals surface area contributed by atoms with Crippen molar-refractivity contribution in [2.75, 3.05) is 13.7 Å². The number of thiazole rings is 1. The number of halogens is 3. The largest absolute Gasteiger partial charge is 0.481 e. The van der Waals surface area contributed by atoms with Crippen molar-refractivity contribution in [3.05, 3.63) is 34.2 Å². The van der Waals surface area contributed by atoms with E-state index in [1.54, 1.807) is 6.07 Å². The number of ether oxygens (including phenoxy) is 1. The Morgan fingerprint density at radius 2 is 2.10 bits per heavy atom. The van der Waals surface area contributed by atoms with Crippen molar-refractivity contribution < 1.29 is 17.9 Å². The minimum Gasteiger partial charge on any atom is -0.481 e. The smallest absolute Gasteiger partial charge is 0.443 e. The second-order valence-electron chi connectivity index (χ2n) is 4.04. The molecule has 2 heterocycles. The van der Waals surface area contributed by atoms with E-state index in [2.05, 4.69) is 20.3 Å². The molecule has 0 fully saturated rings. The van der Waals surface area contributed by atoms with Gasteiger partial charge in [0.15, 0.2) is 5.01 Å². The lowest BCUT2D eigenvalue weighted by molar-refractivity contribution is -0.137. The molecule has 0 aliphatic heterocycles. The molecular formula is C12H13F3N4OS. The highest BCUT2D eigenvalue weighted by atomic mass is 32.1. The van der Waals surface area contributed by atoms with Crippen LogP contribution in [0.3, 0.4) is 0 Å². The Bertz CT molecular complexity index is 602. The van der Waals surface area contributed by atoms with Crippen LogP contribution in [-0.2, 0) is 6.18 Å². The van der Waals surface area contributed by atoms with Crippen LogP contribution in [0.5, 0.6) is 5.88 Å². The third-order valence-corrected chi connectivity index (χ3v) is 3.73. The quantitative estimate of drug-likeness (QED) is 0.918. The standard InChI is InChI=1S/C12H13F3N4OS/c1-3-16-10(7-4-9(20-2)19-6-18-7)8-5-17-11(21-8)12(13,14)15/h4-6,10,16H,3H2,1-2H3. The zero-order valence-corrected chi connectivity index (χ0v) is 12.1. The predicted molar refractivity (Wildman–Crippen MR) is 71.2 cm³/mol. The summed E-state index contributed by atoms with van der Waals surface area (Å²) in [5.74, 6) is 0.350. The van der Waals surface area contributed by atoms with Crippen LogP contribution in [0.4, 0.5) is 13.2 Å². The number of nitrogens with one attached hydrogen (secondary N) is 1. The number of hydrogen-bond donors (Lipinski definition) is 1. The molecule has 1 atom stereocenters. The Labute approximate surface area is 123 Å². The molecule has 5 nitrogen and oxygen atoms in total. The molecule has 1 N–H and O–H groups in total. The van der Waals surface area contributed by atoms with E-state index in [1.165, 1.54) is 19.6 Å². The van der Waals surface area contributed by atoms with Crippen LogP contribution in [0.1, 0.15) is 28.5 Å². The van der Waals surface area contributed by atoms with E-state index in [4.69, 9.17) is 4.74 Å². The fraction of sp³-hybridized carbons (Fsp3) is 0.417. The lowest BCUT2D eigenvalue weighted by Gasteiger charge is -2.15. The molecule has 114 valence electrons. The van der Waals surface area contributed by atoms with Gasteiger partial charge in [0.25, 0.3) is 0 Å². The average Bonchev–Trinajstić information content (AvgIpc) is 2.94. The molecule has 0 aliphatic rings. The van der Waals surface area contributed by atoms with Crippen molar-refractivity contribution >= 4 is 11.3 Å². The molecule has 2 aromatic heterocycles. The van der Waals surface area contributed by atoms with Gasteiger partial charge in [-0.05, 0) is 6.54 Å². The van der Waals surface area contributed by atoms with Crippen molar-refractivity contribution in [2.24, 2.45) is 0 Å². The second kappa shape index (κ2) is 6.35. The molecule has 0 aliphatic carbocycles. The second-order valence-corrected chi connectivity index (χ2v) is 5.10. The van der Waals surface area contributed by atoms with Crippen LogP contribution in [0.25, 0.3) is 0 Å². The highest BCUT2D eigenvalue weighted by Crippen LogP contribution is 2.35. The number of hydrogen-bond acceptors (Lipinski definition) is 6. The van der Waals surface area contributed by atoms with Crippen LogP contribution in [0.15, 0.2) is 18.6 Å². The monoisotopic (exact) mass is 318 g/mol. The van der Waals surface area contributed by atoms with E-state index in [9.17, 15) is 13.2 Å². The first-order chi connectivity index (χ1) is 9.95. The Hall–Kier alpha value is -1.74. The molecular weight excluding hydrogens is 305 g/mol. The van der Waals surface area contributed by atoms with Crippen LogP contribution in [0.2, 0.25) is 0 Å². The molecule has 9 heteroatoms. The van der Waals surface area contributed by atoms with Crippen molar-refractivity contribution in [1.82, 2.24) is 20.3 Å². The van der Waals surface area contributed by atoms with E-state index >= 15 is 0 Å². The zero-order chi connectivity index (χ0) is 15.5. The summed E-state index contributed by atoms with van der Waals surface area (Å²) in [6.45, 7) is 2.42. The maximum absolute atomic E-state index is 12.7. The van der Waals surface area contributed by atoms with Crippen molar-refractivity contribution in [1.29, 1.82) is 0 Å². The van der Waals surface area contributed by atoms with Crippen LogP contribution in [0, 0.1) is 0 Å². The van der Waals surface area contributed by atoms with Gasteiger partial charge in [-0.15, -0.1) is 11.3 Å². The molecule has 0 spiro atoms. The summed E-state index contributed by atoms with van der Waals surface area (Å²) in [4.78, 5) is 11.9. The van der Waals surface area contributed by atoms with Gasteiger partial charge in [0.05, 0.1) is 18.8 Å². The first-order valence-corrected chi connectivity index (χ1v) is 6.89.